The first-order valence-electron chi connectivity index (χ1n) is 13.7. The van der Waals surface area contributed by atoms with Gasteiger partial charge in [-0.25, -0.2) is 17.6 Å². The molecule has 2 atom stereocenters. The number of hydrogen-bond donors (Lipinski definition) is 0. The van der Waals surface area contributed by atoms with Gasteiger partial charge in [-0.15, -0.1) is 0 Å². The van der Waals surface area contributed by atoms with E-state index in [1.54, 1.807) is 19.1 Å². The van der Waals surface area contributed by atoms with Crippen molar-refractivity contribution in [2.24, 2.45) is 11.8 Å². The van der Waals surface area contributed by atoms with Crippen molar-refractivity contribution in [3.63, 3.8) is 0 Å². The third kappa shape index (κ3) is 5.81. The lowest BCUT2D eigenvalue weighted by Crippen LogP contribution is -2.32. The maximum absolute atomic E-state index is 15.1. The highest BCUT2D eigenvalue weighted by Crippen LogP contribution is 2.42. The average Bonchev–Trinajstić information content (AvgIpc) is 2.89. The average molecular weight is 511 g/mol. The zero-order valence-electron chi connectivity index (χ0n) is 21.3. The van der Waals surface area contributed by atoms with E-state index in [0.29, 0.717) is 42.7 Å². The summed E-state index contributed by atoms with van der Waals surface area (Å²) in [6.45, 7) is 4.14. The van der Waals surface area contributed by atoms with Crippen molar-refractivity contribution >= 4 is 5.97 Å². The number of ether oxygens (including phenoxy) is 2. The van der Waals surface area contributed by atoms with Crippen LogP contribution in [-0.2, 0) is 14.3 Å². The van der Waals surface area contributed by atoms with E-state index in [9.17, 15) is 13.6 Å². The van der Waals surface area contributed by atoms with Gasteiger partial charge in [0.05, 0.1) is 0 Å². The van der Waals surface area contributed by atoms with Crippen molar-refractivity contribution < 1.29 is 31.8 Å². The van der Waals surface area contributed by atoms with Crippen LogP contribution >= 0.6 is 0 Å². The Morgan fingerprint density at radius 1 is 0.778 bits per heavy atom. The minimum Gasteiger partial charge on any atom is -0.462 e. The Morgan fingerprint density at radius 3 is 1.86 bits per heavy atom. The van der Waals surface area contributed by atoms with Crippen LogP contribution in [-0.4, -0.2) is 24.8 Å². The number of halogens is 4. The molecule has 7 heteroatoms. The third-order valence-corrected chi connectivity index (χ3v) is 8.59. The number of carbonyl (C=O) groups is 1. The fraction of sp³-hybridized carbons (Fsp3) is 0.690. The molecule has 0 saturated heterocycles. The first kappa shape index (κ1) is 27.2. The largest absolute Gasteiger partial charge is 0.462 e. The first-order chi connectivity index (χ1) is 17.3. The molecule has 0 heterocycles. The van der Waals surface area contributed by atoms with Crippen LogP contribution in [0.1, 0.15) is 107 Å². The topological polar surface area (TPSA) is 35.5 Å². The van der Waals surface area contributed by atoms with Crippen molar-refractivity contribution in [1.29, 1.82) is 0 Å². The summed E-state index contributed by atoms with van der Waals surface area (Å²) in [5.41, 5.74) is 0.878. The highest BCUT2D eigenvalue weighted by atomic mass is 19.2. The highest BCUT2D eigenvalue weighted by Gasteiger charge is 2.38. The van der Waals surface area contributed by atoms with Gasteiger partial charge in [0, 0.05) is 6.61 Å². The molecule has 36 heavy (non-hydrogen) atoms. The van der Waals surface area contributed by atoms with Crippen LogP contribution in [0, 0.1) is 23.5 Å². The van der Waals surface area contributed by atoms with Crippen molar-refractivity contribution in [3.8, 4) is 0 Å². The zero-order valence-corrected chi connectivity index (χ0v) is 21.3. The molecule has 2 saturated carbocycles. The normalized spacial score (nSPS) is 31.4. The summed E-state index contributed by atoms with van der Waals surface area (Å²) in [5, 5.41) is 0. The lowest BCUT2D eigenvalue weighted by molar-refractivity contribution is -0.156. The number of carbonyl (C=O) groups excluding carboxylic acids is 1. The van der Waals surface area contributed by atoms with E-state index in [2.05, 4.69) is 6.92 Å². The summed E-state index contributed by atoms with van der Waals surface area (Å²) in [6.07, 6.45) is 6.07. The maximum atomic E-state index is 15.1. The molecular formula is C29H38F4O3. The lowest BCUT2D eigenvalue weighted by atomic mass is 9.76. The lowest BCUT2D eigenvalue weighted by Gasteiger charge is -2.32. The second-order valence-corrected chi connectivity index (χ2v) is 10.7. The Hall–Kier alpha value is -1.89. The van der Waals surface area contributed by atoms with Crippen LogP contribution < -0.4 is 0 Å². The van der Waals surface area contributed by atoms with Crippen molar-refractivity contribution in [3.05, 3.63) is 46.5 Å². The van der Waals surface area contributed by atoms with E-state index >= 15 is 8.78 Å². The standard InChI is InChI=1S/C29H38F4O3/c1-3-17-5-7-18(8-6-17)21-13-14-22(26(31)25(21)30)19-9-11-20(12-10-19)36-29(34)23-15-16-24(35-4-2)28(33)27(23)32/h13-14,17-20,23-24H,3-12,15-16H2,1-2H3. The van der Waals surface area contributed by atoms with E-state index in [-0.39, 0.29) is 31.3 Å². The smallest absolute Gasteiger partial charge is 0.316 e. The highest BCUT2D eigenvalue weighted by molar-refractivity contribution is 5.76. The van der Waals surface area contributed by atoms with Crippen LogP contribution in [0.15, 0.2) is 23.8 Å². The molecule has 0 amide bonds. The van der Waals surface area contributed by atoms with Gasteiger partial charge in [0.2, 0.25) is 0 Å². The Bertz CT molecular complexity index is 946. The molecule has 1 aromatic rings. The Morgan fingerprint density at radius 2 is 1.33 bits per heavy atom. The fourth-order valence-electron chi connectivity index (χ4n) is 6.30. The van der Waals surface area contributed by atoms with Gasteiger partial charge in [-0.3, -0.25) is 4.79 Å². The molecule has 4 rings (SSSR count). The maximum Gasteiger partial charge on any atom is 0.316 e. The molecule has 3 nitrogen and oxygen atoms in total. The number of benzene rings is 1. The molecule has 0 spiro atoms. The summed E-state index contributed by atoms with van der Waals surface area (Å²) in [7, 11) is 0. The van der Waals surface area contributed by atoms with Gasteiger partial charge in [-0.1, -0.05) is 25.5 Å². The molecule has 1 aromatic carbocycles. The van der Waals surface area contributed by atoms with Crippen LogP contribution in [0.3, 0.4) is 0 Å². The monoisotopic (exact) mass is 510 g/mol. The molecule has 0 N–H and O–H groups in total. The number of rotatable bonds is 7. The second-order valence-electron chi connectivity index (χ2n) is 10.7. The molecule has 2 unspecified atom stereocenters. The molecule has 200 valence electrons. The van der Waals surface area contributed by atoms with Gasteiger partial charge in [0.1, 0.15) is 24.0 Å². The molecule has 2 fully saturated rings. The van der Waals surface area contributed by atoms with Gasteiger partial charge in [-0.2, -0.15) is 0 Å². The summed E-state index contributed by atoms with van der Waals surface area (Å²) < 4.78 is 69.5. The molecule has 3 aliphatic carbocycles. The van der Waals surface area contributed by atoms with E-state index in [1.807, 2.05) is 0 Å². The minimum absolute atomic E-state index is 0.0781. The van der Waals surface area contributed by atoms with Crippen LogP contribution in [0.25, 0.3) is 0 Å². The predicted molar refractivity (Wildman–Crippen MR) is 130 cm³/mol. The van der Waals surface area contributed by atoms with Gasteiger partial charge >= 0.3 is 5.97 Å². The number of esters is 1. The van der Waals surface area contributed by atoms with Gasteiger partial charge < -0.3 is 9.47 Å². The number of hydrogen-bond acceptors (Lipinski definition) is 3. The summed E-state index contributed by atoms with van der Waals surface area (Å²) >= 11 is 0. The Kier molecular flexibility index (Phi) is 9.13. The van der Waals surface area contributed by atoms with Crippen molar-refractivity contribution in [1.82, 2.24) is 0 Å². The van der Waals surface area contributed by atoms with E-state index in [4.69, 9.17) is 9.47 Å². The molecule has 0 bridgehead atoms. The van der Waals surface area contributed by atoms with E-state index < -0.39 is 47.4 Å². The summed E-state index contributed by atoms with van der Waals surface area (Å²) in [5.74, 6) is -4.98. The second kappa shape index (κ2) is 12.1. The Labute approximate surface area is 211 Å². The van der Waals surface area contributed by atoms with E-state index in [0.717, 1.165) is 32.1 Å². The SMILES string of the molecule is CCOC1CCC(C(=O)OC2CCC(c3ccc(C4CCC(CC)CC4)c(F)c3F)CC2)C(F)=C1F. The van der Waals surface area contributed by atoms with E-state index in [1.165, 1.54) is 0 Å². The van der Waals surface area contributed by atoms with Gasteiger partial charge in [0.15, 0.2) is 17.5 Å². The molecule has 0 aliphatic heterocycles. The van der Waals surface area contributed by atoms with Crippen LogP contribution in [0.2, 0.25) is 0 Å². The zero-order chi connectivity index (χ0) is 25.8. The predicted octanol–water partition coefficient (Wildman–Crippen LogP) is 8.18. The van der Waals surface area contributed by atoms with Crippen molar-refractivity contribution in [2.45, 2.75) is 109 Å². The first-order valence-corrected chi connectivity index (χ1v) is 13.7. The molecule has 0 radical (unpaired) electrons. The van der Waals surface area contributed by atoms with Crippen molar-refractivity contribution in [2.75, 3.05) is 6.61 Å². The van der Waals surface area contributed by atoms with Gasteiger partial charge in [0.25, 0.3) is 0 Å². The Balaban J connectivity index is 1.33. The van der Waals surface area contributed by atoms with Crippen LogP contribution in [0.4, 0.5) is 17.6 Å². The molecular weight excluding hydrogens is 472 g/mol. The summed E-state index contributed by atoms with van der Waals surface area (Å²) in [6, 6.07) is 3.50. The summed E-state index contributed by atoms with van der Waals surface area (Å²) in [4.78, 5) is 12.6. The third-order valence-electron chi connectivity index (χ3n) is 8.59. The van der Waals surface area contributed by atoms with Gasteiger partial charge in [-0.05, 0) is 100 Å². The minimum atomic E-state index is -1.24. The molecule has 0 aromatic heterocycles. The fourth-order valence-corrected chi connectivity index (χ4v) is 6.30. The quantitative estimate of drug-likeness (QED) is 0.274. The molecule has 3 aliphatic rings. The van der Waals surface area contributed by atoms with Crippen LogP contribution in [0.5, 0.6) is 0 Å².